The maximum Gasteiger partial charge on any atom is 0.231 e. The van der Waals surface area contributed by atoms with Crippen molar-refractivity contribution in [2.75, 3.05) is 12.4 Å². The molecule has 138 valence electrons. The van der Waals surface area contributed by atoms with Gasteiger partial charge in [-0.2, -0.15) is 5.10 Å². The number of hydrogen-bond acceptors (Lipinski definition) is 5. The molecule has 0 aliphatic carbocycles. The summed E-state index contributed by atoms with van der Waals surface area (Å²) in [5.74, 6) is -0.696. The van der Waals surface area contributed by atoms with Gasteiger partial charge < -0.3 is 10.2 Å². The number of amides is 2. The van der Waals surface area contributed by atoms with E-state index in [0.29, 0.717) is 5.00 Å². The number of thiazole rings is 1. The number of anilines is 1. The molecular weight excluding hydrogens is 362 g/mol. The third kappa shape index (κ3) is 3.23. The highest BCUT2D eigenvalue weighted by atomic mass is 32.1. The molecule has 7 nitrogen and oxygen atoms in total. The number of aromatic nitrogens is 3. The molecular formula is C19H19N5O2S. The zero-order valence-electron chi connectivity index (χ0n) is 15.0. The molecule has 0 spiro atoms. The number of likely N-dealkylation sites (tertiary alicyclic amines) is 1. The number of rotatable bonds is 4. The molecule has 27 heavy (non-hydrogen) atoms. The topological polar surface area (TPSA) is 80.1 Å². The number of benzene rings is 1. The molecule has 2 amide bonds. The van der Waals surface area contributed by atoms with Crippen LogP contribution in [0.4, 0.5) is 5.00 Å². The minimum Gasteiger partial charge on any atom is -0.336 e. The van der Waals surface area contributed by atoms with Crippen molar-refractivity contribution < 1.29 is 9.59 Å². The van der Waals surface area contributed by atoms with Gasteiger partial charge >= 0.3 is 0 Å². The Kier molecular flexibility index (Phi) is 4.49. The lowest BCUT2D eigenvalue weighted by Gasteiger charge is -2.24. The van der Waals surface area contributed by atoms with Crippen LogP contribution < -0.4 is 5.32 Å². The lowest BCUT2D eigenvalue weighted by molar-refractivity contribution is -0.128. The van der Waals surface area contributed by atoms with Crippen LogP contribution in [0.15, 0.2) is 48.8 Å². The van der Waals surface area contributed by atoms with Crippen LogP contribution in [-0.4, -0.2) is 38.5 Å². The van der Waals surface area contributed by atoms with E-state index in [1.807, 2.05) is 43.4 Å². The van der Waals surface area contributed by atoms with Crippen molar-refractivity contribution in [1.82, 2.24) is 19.7 Å². The standard InChI is InChI=1S/C19H19N5O2S/c1-23-16(25)10-13(17(23)14-8-9-21-24(14)2)18(26)22-15-11-20-19(27-15)12-6-4-3-5-7-12/h3-9,11,13,17H,10H2,1-2H3,(H,22,26)/t13-,17-/m0/s1. The van der Waals surface area contributed by atoms with Crippen LogP contribution in [0.2, 0.25) is 0 Å². The molecule has 0 unspecified atom stereocenters. The second-order valence-electron chi connectivity index (χ2n) is 6.52. The van der Waals surface area contributed by atoms with Crippen LogP contribution in [0.25, 0.3) is 10.6 Å². The van der Waals surface area contributed by atoms with E-state index in [1.54, 1.807) is 29.0 Å². The highest BCUT2D eigenvalue weighted by molar-refractivity contribution is 7.19. The second kappa shape index (κ2) is 6.96. The molecule has 8 heteroatoms. The molecule has 1 aliphatic heterocycles. The average Bonchev–Trinajstić information content (AvgIpc) is 3.37. The van der Waals surface area contributed by atoms with Gasteiger partial charge in [-0.25, -0.2) is 4.98 Å². The second-order valence-corrected chi connectivity index (χ2v) is 7.56. The van der Waals surface area contributed by atoms with E-state index in [9.17, 15) is 9.59 Å². The SMILES string of the molecule is CN1C(=O)C[C@H](C(=O)Nc2cnc(-c3ccccc3)s2)[C@H]1c1ccnn1C. The Balaban J connectivity index is 1.55. The van der Waals surface area contributed by atoms with Gasteiger partial charge in [0.05, 0.1) is 23.9 Å². The molecule has 4 rings (SSSR count). The third-order valence-electron chi connectivity index (χ3n) is 4.86. The van der Waals surface area contributed by atoms with Crippen LogP contribution in [0, 0.1) is 5.92 Å². The van der Waals surface area contributed by atoms with Gasteiger partial charge in [-0.05, 0) is 6.07 Å². The van der Waals surface area contributed by atoms with Crippen LogP contribution in [-0.2, 0) is 16.6 Å². The predicted octanol–water partition coefficient (Wildman–Crippen LogP) is 2.70. The largest absolute Gasteiger partial charge is 0.336 e. The van der Waals surface area contributed by atoms with Crippen molar-refractivity contribution in [3.05, 3.63) is 54.5 Å². The quantitative estimate of drug-likeness (QED) is 0.754. The fraction of sp³-hybridized carbons (Fsp3) is 0.263. The van der Waals surface area contributed by atoms with E-state index >= 15 is 0 Å². The van der Waals surface area contributed by atoms with Gasteiger partial charge in [-0.3, -0.25) is 14.3 Å². The van der Waals surface area contributed by atoms with E-state index in [1.165, 1.54) is 11.3 Å². The molecule has 3 heterocycles. The Hall–Kier alpha value is -3.00. The zero-order valence-corrected chi connectivity index (χ0v) is 15.8. The van der Waals surface area contributed by atoms with Crippen LogP contribution in [0.1, 0.15) is 18.2 Å². The van der Waals surface area contributed by atoms with Crippen molar-refractivity contribution in [3.8, 4) is 10.6 Å². The van der Waals surface area contributed by atoms with Gasteiger partial charge in [0.1, 0.15) is 10.0 Å². The molecule has 2 aromatic heterocycles. The number of nitrogens with zero attached hydrogens (tertiary/aromatic N) is 4. The van der Waals surface area contributed by atoms with E-state index in [0.717, 1.165) is 16.3 Å². The average molecular weight is 381 g/mol. The molecule has 2 atom stereocenters. The number of nitrogens with one attached hydrogen (secondary N) is 1. The summed E-state index contributed by atoms with van der Waals surface area (Å²) in [7, 11) is 3.55. The first-order valence-electron chi connectivity index (χ1n) is 8.60. The smallest absolute Gasteiger partial charge is 0.231 e. The van der Waals surface area contributed by atoms with Crippen molar-refractivity contribution in [3.63, 3.8) is 0 Å². The van der Waals surface area contributed by atoms with Crippen molar-refractivity contribution in [1.29, 1.82) is 0 Å². The monoisotopic (exact) mass is 381 g/mol. The maximum absolute atomic E-state index is 12.9. The van der Waals surface area contributed by atoms with Crippen LogP contribution >= 0.6 is 11.3 Å². The fourth-order valence-electron chi connectivity index (χ4n) is 3.44. The number of hydrogen-bond donors (Lipinski definition) is 1. The molecule has 1 N–H and O–H groups in total. The molecule has 3 aromatic rings. The summed E-state index contributed by atoms with van der Waals surface area (Å²) in [6, 6.07) is 11.3. The molecule has 0 bridgehead atoms. The number of carbonyl (C=O) groups is 2. The van der Waals surface area contributed by atoms with Gasteiger partial charge in [0.15, 0.2) is 0 Å². The maximum atomic E-state index is 12.9. The molecule has 1 aliphatic rings. The lowest BCUT2D eigenvalue weighted by Crippen LogP contribution is -2.31. The van der Waals surface area contributed by atoms with Crippen LogP contribution in [0.5, 0.6) is 0 Å². The Morgan fingerprint density at radius 2 is 2.00 bits per heavy atom. The molecule has 1 saturated heterocycles. The molecule has 1 aromatic carbocycles. The fourth-order valence-corrected chi connectivity index (χ4v) is 4.27. The first kappa shape index (κ1) is 17.4. The van der Waals surface area contributed by atoms with Gasteiger partial charge in [-0.15, -0.1) is 0 Å². The van der Waals surface area contributed by atoms with Crippen molar-refractivity contribution in [2.24, 2.45) is 13.0 Å². The van der Waals surface area contributed by atoms with Gasteiger partial charge in [0.25, 0.3) is 0 Å². The summed E-state index contributed by atoms with van der Waals surface area (Å²) in [5.41, 5.74) is 1.85. The minimum absolute atomic E-state index is 0.0457. The Morgan fingerprint density at radius 3 is 2.70 bits per heavy atom. The van der Waals surface area contributed by atoms with E-state index in [-0.39, 0.29) is 24.3 Å². The summed E-state index contributed by atoms with van der Waals surface area (Å²) >= 11 is 1.42. The van der Waals surface area contributed by atoms with Gasteiger partial charge in [-0.1, -0.05) is 41.7 Å². The van der Waals surface area contributed by atoms with Crippen molar-refractivity contribution >= 4 is 28.2 Å². The first-order valence-corrected chi connectivity index (χ1v) is 9.42. The number of carbonyl (C=O) groups excluding carboxylic acids is 2. The van der Waals surface area contributed by atoms with Crippen LogP contribution in [0.3, 0.4) is 0 Å². The Morgan fingerprint density at radius 1 is 1.22 bits per heavy atom. The number of aryl methyl sites for hydroxylation is 1. The highest BCUT2D eigenvalue weighted by Crippen LogP contribution is 2.38. The summed E-state index contributed by atoms with van der Waals surface area (Å²) in [6.07, 6.45) is 3.52. The van der Waals surface area contributed by atoms with E-state index in [4.69, 9.17) is 0 Å². The Bertz CT molecular complexity index is 981. The molecule has 0 radical (unpaired) electrons. The molecule has 1 fully saturated rings. The third-order valence-corrected chi connectivity index (χ3v) is 5.82. The summed E-state index contributed by atoms with van der Waals surface area (Å²) in [5, 5.41) is 8.62. The molecule has 0 saturated carbocycles. The normalized spacial score (nSPS) is 19.5. The summed E-state index contributed by atoms with van der Waals surface area (Å²) < 4.78 is 1.71. The Labute approximate surface area is 160 Å². The van der Waals surface area contributed by atoms with Gasteiger partial charge in [0, 0.05) is 32.3 Å². The van der Waals surface area contributed by atoms with E-state index in [2.05, 4.69) is 15.4 Å². The summed E-state index contributed by atoms with van der Waals surface area (Å²) in [6.45, 7) is 0. The minimum atomic E-state index is -0.472. The summed E-state index contributed by atoms with van der Waals surface area (Å²) in [4.78, 5) is 31.2. The first-order chi connectivity index (χ1) is 13.0. The highest BCUT2D eigenvalue weighted by Gasteiger charge is 2.44. The zero-order chi connectivity index (χ0) is 19.0. The van der Waals surface area contributed by atoms with Gasteiger partial charge in [0.2, 0.25) is 11.8 Å². The van der Waals surface area contributed by atoms with E-state index < -0.39 is 5.92 Å². The predicted molar refractivity (Wildman–Crippen MR) is 103 cm³/mol. The van der Waals surface area contributed by atoms with Crippen molar-refractivity contribution in [2.45, 2.75) is 12.5 Å². The lowest BCUT2D eigenvalue weighted by atomic mass is 9.96.